The van der Waals surface area contributed by atoms with Gasteiger partial charge in [-0.1, -0.05) is 11.6 Å². The van der Waals surface area contributed by atoms with E-state index in [0.717, 1.165) is 4.31 Å². The van der Waals surface area contributed by atoms with Crippen LogP contribution in [0.4, 0.5) is 0 Å². The molecule has 28 heavy (non-hydrogen) atoms. The van der Waals surface area contributed by atoms with Gasteiger partial charge in [0.2, 0.25) is 11.8 Å². The van der Waals surface area contributed by atoms with E-state index in [1.165, 1.54) is 18.5 Å². The molecule has 2 aliphatic heterocycles. The maximum absolute atomic E-state index is 13.3. The standard InChI is InChI=1S/C18H23ClN4O4S/c1-11-8-16(12(2)7-14(11)19)28(26,27)23-6-4-21-18(25)15(23)9-17(24)22-5-3-13(20)10-22/h4,6-8,13,15H,3,5,9-10,20H2,1-2H3,(H,21,25)/t13-,15+/m0/s1. The largest absolute Gasteiger partial charge is 0.341 e. The van der Waals surface area contributed by atoms with E-state index in [0.29, 0.717) is 35.7 Å². The highest BCUT2D eigenvalue weighted by Gasteiger charge is 2.39. The number of sulfonamides is 1. The molecule has 10 heteroatoms. The van der Waals surface area contributed by atoms with Crippen molar-refractivity contribution in [1.29, 1.82) is 0 Å². The fraction of sp³-hybridized carbons (Fsp3) is 0.444. The van der Waals surface area contributed by atoms with Crippen molar-refractivity contribution in [3.8, 4) is 0 Å². The van der Waals surface area contributed by atoms with E-state index in [9.17, 15) is 18.0 Å². The highest BCUT2D eigenvalue weighted by molar-refractivity contribution is 7.89. The first kappa shape index (κ1) is 20.6. The first-order chi connectivity index (χ1) is 13.1. The molecule has 2 aliphatic rings. The van der Waals surface area contributed by atoms with Crippen LogP contribution in [0.15, 0.2) is 29.4 Å². The number of nitrogens with one attached hydrogen (secondary N) is 1. The van der Waals surface area contributed by atoms with Crippen molar-refractivity contribution < 1.29 is 18.0 Å². The van der Waals surface area contributed by atoms with Crippen LogP contribution in [0.3, 0.4) is 0 Å². The van der Waals surface area contributed by atoms with Gasteiger partial charge in [0.25, 0.3) is 10.0 Å². The Kier molecular flexibility index (Phi) is 5.69. The number of carbonyl (C=O) groups excluding carboxylic acids is 2. The number of aryl methyl sites for hydroxylation is 2. The Morgan fingerprint density at radius 1 is 1.32 bits per heavy atom. The van der Waals surface area contributed by atoms with Crippen molar-refractivity contribution in [2.75, 3.05) is 13.1 Å². The molecule has 1 aromatic carbocycles. The summed E-state index contributed by atoms with van der Waals surface area (Å²) >= 11 is 6.08. The van der Waals surface area contributed by atoms with Gasteiger partial charge in [-0.2, -0.15) is 0 Å². The second-order valence-corrected chi connectivity index (χ2v) is 9.35. The van der Waals surface area contributed by atoms with Crippen LogP contribution in [0.5, 0.6) is 0 Å². The molecule has 2 atom stereocenters. The van der Waals surface area contributed by atoms with Gasteiger partial charge in [0.15, 0.2) is 0 Å². The van der Waals surface area contributed by atoms with E-state index in [4.69, 9.17) is 17.3 Å². The van der Waals surface area contributed by atoms with Crippen LogP contribution in [0.25, 0.3) is 0 Å². The summed E-state index contributed by atoms with van der Waals surface area (Å²) < 4.78 is 27.5. The van der Waals surface area contributed by atoms with E-state index in [2.05, 4.69) is 5.32 Å². The van der Waals surface area contributed by atoms with Crippen molar-refractivity contribution >= 4 is 33.4 Å². The van der Waals surface area contributed by atoms with Crippen molar-refractivity contribution in [2.45, 2.75) is 43.7 Å². The smallest absolute Gasteiger partial charge is 0.264 e. The Bertz CT molecular complexity index is 947. The Labute approximate surface area is 169 Å². The molecule has 0 aromatic heterocycles. The second kappa shape index (κ2) is 7.73. The SMILES string of the molecule is Cc1cc(S(=O)(=O)N2C=CNC(=O)[C@H]2CC(=O)N2CC[C@H](N)C2)c(C)cc1Cl. The summed E-state index contributed by atoms with van der Waals surface area (Å²) in [5.74, 6) is -0.848. The molecule has 0 bridgehead atoms. The molecular formula is C18H23ClN4O4S. The molecule has 0 radical (unpaired) electrons. The molecule has 152 valence electrons. The van der Waals surface area contributed by atoms with Crippen LogP contribution in [0.1, 0.15) is 24.0 Å². The molecule has 1 saturated heterocycles. The molecule has 0 saturated carbocycles. The average molecular weight is 427 g/mol. The van der Waals surface area contributed by atoms with E-state index < -0.39 is 22.0 Å². The number of benzene rings is 1. The number of nitrogens with zero attached hydrogens (tertiary/aromatic N) is 2. The van der Waals surface area contributed by atoms with Crippen molar-refractivity contribution in [3.05, 3.63) is 40.7 Å². The zero-order chi connectivity index (χ0) is 20.6. The summed E-state index contributed by atoms with van der Waals surface area (Å²) in [4.78, 5) is 26.6. The summed E-state index contributed by atoms with van der Waals surface area (Å²) in [7, 11) is -4.06. The van der Waals surface area contributed by atoms with Crippen LogP contribution >= 0.6 is 11.6 Å². The number of nitrogens with two attached hydrogens (primary N) is 1. The Morgan fingerprint density at radius 3 is 2.68 bits per heavy atom. The third kappa shape index (κ3) is 3.87. The molecule has 2 amide bonds. The lowest BCUT2D eigenvalue weighted by atomic mass is 10.1. The van der Waals surface area contributed by atoms with Crippen LogP contribution < -0.4 is 11.1 Å². The summed E-state index contributed by atoms with van der Waals surface area (Å²) in [6, 6.07) is 1.79. The lowest BCUT2D eigenvalue weighted by molar-refractivity contribution is -0.135. The number of carbonyl (C=O) groups is 2. The summed E-state index contributed by atoms with van der Waals surface area (Å²) in [5, 5.41) is 2.94. The zero-order valence-electron chi connectivity index (χ0n) is 15.7. The van der Waals surface area contributed by atoms with Gasteiger partial charge in [-0.05, 0) is 43.5 Å². The zero-order valence-corrected chi connectivity index (χ0v) is 17.3. The quantitative estimate of drug-likeness (QED) is 0.741. The lowest BCUT2D eigenvalue weighted by Crippen LogP contribution is -2.51. The van der Waals surface area contributed by atoms with Gasteiger partial charge in [0.1, 0.15) is 6.04 Å². The minimum atomic E-state index is -4.06. The fourth-order valence-electron chi connectivity index (χ4n) is 3.39. The Hall–Kier alpha value is -2.10. The van der Waals surface area contributed by atoms with Gasteiger partial charge in [-0.3, -0.25) is 13.9 Å². The maximum Gasteiger partial charge on any atom is 0.264 e. The Balaban J connectivity index is 1.92. The maximum atomic E-state index is 13.3. The molecule has 3 N–H and O–H groups in total. The number of amides is 2. The van der Waals surface area contributed by atoms with E-state index in [1.54, 1.807) is 24.8 Å². The number of rotatable bonds is 4. The summed E-state index contributed by atoms with van der Waals surface area (Å²) in [6.07, 6.45) is 2.96. The van der Waals surface area contributed by atoms with Gasteiger partial charge < -0.3 is 16.0 Å². The topological polar surface area (TPSA) is 113 Å². The third-order valence-electron chi connectivity index (χ3n) is 5.01. The molecule has 0 unspecified atom stereocenters. The first-order valence-corrected chi connectivity index (χ1v) is 10.7. The van der Waals surface area contributed by atoms with Gasteiger partial charge in [-0.15, -0.1) is 0 Å². The highest BCUT2D eigenvalue weighted by Crippen LogP contribution is 2.29. The Morgan fingerprint density at radius 2 is 2.04 bits per heavy atom. The predicted octanol–water partition coefficient (Wildman–Crippen LogP) is 0.867. The van der Waals surface area contributed by atoms with Gasteiger partial charge in [-0.25, -0.2) is 8.42 Å². The molecule has 3 rings (SSSR count). The van der Waals surface area contributed by atoms with Crippen LogP contribution in [-0.2, 0) is 19.6 Å². The molecule has 2 heterocycles. The molecule has 0 aliphatic carbocycles. The van der Waals surface area contributed by atoms with Crippen molar-refractivity contribution in [3.63, 3.8) is 0 Å². The van der Waals surface area contributed by atoms with E-state index in [-0.39, 0.29) is 23.3 Å². The van der Waals surface area contributed by atoms with Crippen LogP contribution in [0, 0.1) is 13.8 Å². The molecule has 0 spiro atoms. The monoisotopic (exact) mass is 426 g/mol. The van der Waals surface area contributed by atoms with Gasteiger partial charge in [0.05, 0.1) is 11.3 Å². The van der Waals surface area contributed by atoms with Crippen LogP contribution in [0.2, 0.25) is 5.02 Å². The number of halogens is 1. The van der Waals surface area contributed by atoms with E-state index >= 15 is 0 Å². The molecule has 1 aromatic rings. The molecule has 8 nitrogen and oxygen atoms in total. The number of likely N-dealkylation sites (tertiary alicyclic amines) is 1. The minimum absolute atomic E-state index is 0.0504. The lowest BCUT2D eigenvalue weighted by Gasteiger charge is -2.32. The van der Waals surface area contributed by atoms with Gasteiger partial charge in [0, 0.05) is 36.6 Å². The van der Waals surface area contributed by atoms with Crippen molar-refractivity contribution in [2.24, 2.45) is 5.73 Å². The first-order valence-electron chi connectivity index (χ1n) is 8.92. The fourth-order valence-corrected chi connectivity index (χ4v) is 5.36. The normalized spacial score (nSPS) is 22.5. The third-order valence-corrected chi connectivity index (χ3v) is 7.35. The number of hydrogen-bond donors (Lipinski definition) is 2. The highest BCUT2D eigenvalue weighted by atomic mass is 35.5. The van der Waals surface area contributed by atoms with E-state index in [1.807, 2.05) is 0 Å². The summed E-state index contributed by atoms with van der Waals surface area (Å²) in [5.41, 5.74) is 6.91. The predicted molar refractivity (Wildman–Crippen MR) is 105 cm³/mol. The van der Waals surface area contributed by atoms with Crippen LogP contribution in [-0.4, -0.2) is 54.6 Å². The van der Waals surface area contributed by atoms with Crippen molar-refractivity contribution in [1.82, 2.24) is 14.5 Å². The second-order valence-electron chi connectivity index (χ2n) is 7.13. The molecular weight excluding hydrogens is 404 g/mol. The number of hydrogen-bond acceptors (Lipinski definition) is 5. The summed E-state index contributed by atoms with van der Waals surface area (Å²) in [6.45, 7) is 4.26. The average Bonchev–Trinajstić information content (AvgIpc) is 3.06. The van der Waals surface area contributed by atoms with Gasteiger partial charge >= 0.3 is 0 Å². The molecule has 1 fully saturated rings. The minimum Gasteiger partial charge on any atom is -0.341 e.